The maximum absolute atomic E-state index is 14.0. The summed E-state index contributed by atoms with van der Waals surface area (Å²) < 4.78 is 34.1. The molecule has 5 aromatic rings. The number of amides is 2. The first-order valence-corrected chi connectivity index (χ1v) is 17.5. The molecule has 2 amide bonds. The number of imidazole rings is 1. The van der Waals surface area contributed by atoms with E-state index in [1.54, 1.807) is 49.3 Å². The minimum atomic E-state index is -1.36. The number of benzene rings is 3. The highest BCUT2D eigenvalue weighted by Crippen LogP contribution is 2.50. The molecule has 0 unspecified atom stereocenters. The number of nitrogens with two attached hydrogens (primary N) is 1. The van der Waals surface area contributed by atoms with Gasteiger partial charge in [0.2, 0.25) is 5.91 Å². The van der Waals surface area contributed by atoms with E-state index in [0.29, 0.717) is 22.5 Å². The highest BCUT2D eigenvalue weighted by Gasteiger charge is 2.55. The van der Waals surface area contributed by atoms with Crippen molar-refractivity contribution in [3.8, 4) is 11.5 Å². The number of nitrogens with one attached hydrogen (secondary N) is 1. The number of carbonyl (C=O) groups excluding carboxylic acids is 2. The van der Waals surface area contributed by atoms with Crippen molar-refractivity contribution in [2.24, 2.45) is 0 Å². The molecule has 2 saturated heterocycles. The average Bonchev–Trinajstić information content (AvgIpc) is 3.93. The van der Waals surface area contributed by atoms with Gasteiger partial charge in [0.05, 0.1) is 11.9 Å². The van der Waals surface area contributed by atoms with E-state index >= 15 is 0 Å². The summed E-state index contributed by atoms with van der Waals surface area (Å²) in [5.41, 5.74) is 9.33. The van der Waals surface area contributed by atoms with E-state index in [0.717, 1.165) is 11.1 Å². The van der Waals surface area contributed by atoms with Gasteiger partial charge in [0.1, 0.15) is 30.2 Å². The Morgan fingerprint density at radius 1 is 0.944 bits per heavy atom. The summed E-state index contributed by atoms with van der Waals surface area (Å²) in [7, 11) is 3.34. The summed E-state index contributed by atoms with van der Waals surface area (Å²) >= 11 is 0. The number of aromatic nitrogens is 4. The molecule has 2 aromatic heterocycles. The molecule has 5 heterocycles. The second-order valence-electron chi connectivity index (χ2n) is 13.8. The minimum absolute atomic E-state index is 0.153. The van der Waals surface area contributed by atoms with Gasteiger partial charge in [-0.1, -0.05) is 72.8 Å². The highest BCUT2D eigenvalue weighted by atomic mass is 16.8. The summed E-state index contributed by atoms with van der Waals surface area (Å²) in [5, 5.41) is 2.98. The van der Waals surface area contributed by atoms with Crippen LogP contribution in [0.4, 0.5) is 5.82 Å². The molecule has 0 radical (unpaired) electrons. The molecule has 276 valence electrons. The van der Waals surface area contributed by atoms with Gasteiger partial charge in [-0.2, -0.15) is 0 Å². The standard InChI is InChI=1S/C40H39N7O7/c1-39(2)52-33-28(50-38(34(33)53-39)47-23-45-31-35(41)43-22-44-36(31)47)16-11-19-42-37(49)27-20-24(17-18-30(48)46(3)4)21-29-32(27)54-40(51-29,25-12-7-5-8-13-25)26-14-9-6-10-15-26/h5-18,20-23,28,33-34,38H,19H2,1-4H3,(H,42,49)(H2,41,43,44)/b16-11?,18-17+/t28-,33-,34-,38-/m1/s1. The van der Waals surface area contributed by atoms with Crippen LogP contribution in [0.3, 0.4) is 0 Å². The Balaban J connectivity index is 1.06. The van der Waals surface area contributed by atoms with Gasteiger partial charge in [-0.05, 0) is 37.6 Å². The number of likely N-dealkylation sites (N-methyl/N-ethyl adjacent to an activating group) is 1. The van der Waals surface area contributed by atoms with Crippen LogP contribution in [-0.2, 0) is 24.8 Å². The number of nitrogens with zero attached hydrogens (tertiary/aromatic N) is 5. The smallest absolute Gasteiger partial charge is 0.305 e. The van der Waals surface area contributed by atoms with Crippen LogP contribution in [0.25, 0.3) is 17.2 Å². The molecule has 0 spiro atoms. The van der Waals surface area contributed by atoms with Gasteiger partial charge >= 0.3 is 5.79 Å². The second kappa shape index (κ2) is 13.7. The van der Waals surface area contributed by atoms with E-state index in [2.05, 4.69) is 20.3 Å². The molecule has 0 saturated carbocycles. The van der Waals surface area contributed by atoms with E-state index in [1.165, 1.54) is 17.3 Å². The normalized spacial score (nSPS) is 22.2. The quantitative estimate of drug-likeness (QED) is 0.161. The number of ether oxygens (including phenoxy) is 5. The van der Waals surface area contributed by atoms with Gasteiger partial charge in [0, 0.05) is 37.8 Å². The topological polar surface area (TPSA) is 165 Å². The highest BCUT2D eigenvalue weighted by molar-refractivity contribution is 5.99. The number of rotatable bonds is 9. The zero-order valence-electron chi connectivity index (χ0n) is 30.1. The molecule has 3 aliphatic rings. The second-order valence-corrected chi connectivity index (χ2v) is 13.8. The Labute approximate surface area is 311 Å². The van der Waals surface area contributed by atoms with Gasteiger partial charge < -0.3 is 39.6 Å². The lowest BCUT2D eigenvalue weighted by Gasteiger charge is -2.28. The third-order valence-electron chi connectivity index (χ3n) is 9.42. The van der Waals surface area contributed by atoms with Crippen LogP contribution in [-0.4, -0.2) is 81.0 Å². The van der Waals surface area contributed by atoms with Gasteiger partial charge in [-0.25, -0.2) is 15.0 Å². The van der Waals surface area contributed by atoms with Crippen molar-refractivity contribution < 1.29 is 33.3 Å². The summed E-state index contributed by atoms with van der Waals surface area (Å²) in [6.07, 6.45) is 7.68. The number of hydrogen-bond acceptors (Lipinski definition) is 11. The van der Waals surface area contributed by atoms with Gasteiger partial charge in [0.25, 0.3) is 5.91 Å². The fourth-order valence-electron chi connectivity index (χ4n) is 6.91. The maximum Gasteiger partial charge on any atom is 0.305 e. The Bertz CT molecular complexity index is 2230. The lowest BCUT2D eigenvalue weighted by Crippen LogP contribution is -2.37. The average molecular weight is 730 g/mol. The fraction of sp³-hybridized carbons (Fsp3) is 0.275. The van der Waals surface area contributed by atoms with Crippen molar-refractivity contribution in [2.75, 3.05) is 26.4 Å². The zero-order valence-corrected chi connectivity index (χ0v) is 30.1. The SMILES string of the molecule is CN(C)C(=O)/C=C/c1cc2c(c(C(=O)NCC=C[C@H]3O[C@@H](n4cnc5c(N)ncnc54)[C@@H]4OC(C)(C)O[C@@H]43)c1)OC(c1ccccc1)(c1ccccc1)O2. The van der Waals surface area contributed by atoms with Gasteiger partial charge in [0.15, 0.2) is 35.0 Å². The molecule has 8 rings (SSSR count). The first-order valence-electron chi connectivity index (χ1n) is 17.5. The Hall–Kier alpha value is -6.09. The third-order valence-corrected chi connectivity index (χ3v) is 9.42. The Morgan fingerprint density at radius 3 is 2.35 bits per heavy atom. The molecule has 2 fully saturated rings. The maximum atomic E-state index is 14.0. The molecular weight excluding hydrogens is 690 g/mol. The van der Waals surface area contributed by atoms with E-state index in [9.17, 15) is 9.59 Å². The monoisotopic (exact) mass is 729 g/mol. The van der Waals surface area contributed by atoms with Crippen LogP contribution >= 0.6 is 0 Å². The predicted octanol–water partition coefficient (Wildman–Crippen LogP) is 4.59. The summed E-state index contributed by atoms with van der Waals surface area (Å²) in [5.74, 6) is -1.91. The van der Waals surface area contributed by atoms with Crippen LogP contribution in [0.15, 0.2) is 104 Å². The molecule has 0 bridgehead atoms. The molecule has 54 heavy (non-hydrogen) atoms. The van der Waals surface area contributed by atoms with Crippen molar-refractivity contribution in [3.05, 3.63) is 126 Å². The van der Waals surface area contributed by atoms with E-state index < -0.39 is 42.0 Å². The summed E-state index contributed by atoms with van der Waals surface area (Å²) in [6, 6.07) is 22.5. The predicted molar refractivity (Wildman–Crippen MR) is 198 cm³/mol. The summed E-state index contributed by atoms with van der Waals surface area (Å²) in [6.45, 7) is 3.85. The van der Waals surface area contributed by atoms with Crippen LogP contribution in [0.1, 0.15) is 47.1 Å². The molecule has 4 atom stereocenters. The van der Waals surface area contributed by atoms with E-state index in [4.69, 9.17) is 29.4 Å². The van der Waals surface area contributed by atoms with Gasteiger partial charge in [-0.3, -0.25) is 14.2 Å². The first kappa shape index (κ1) is 35.0. The van der Waals surface area contributed by atoms with Crippen LogP contribution in [0.2, 0.25) is 0 Å². The first-order chi connectivity index (χ1) is 26.0. The van der Waals surface area contributed by atoms with Crippen LogP contribution < -0.4 is 20.5 Å². The van der Waals surface area contributed by atoms with Gasteiger partial charge in [-0.15, -0.1) is 0 Å². The molecule has 3 aliphatic heterocycles. The lowest BCUT2D eigenvalue weighted by molar-refractivity contribution is -0.191. The molecule has 14 nitrogen and oxygen atoms in total. The number of carbonyl (C=O) groups is 2. The molecule has 3 aromatic carbocycles. The summed E-state index contributed by atoms with van der Waals surface area (Å²) in [4.78, 5) is 40.7. The molecular formula is C40H39N7O7. The van der Waals surface area contributed by atoms with Crippen molar-refractivity contribution in [1.82, 2.24) is 29.7 Å². The van der Waals surface area contributed by atoms with E-state index in [-0.39, 0.29) is 29.6 Å². The fourth-order valence-corrected chi connectivity index (χ4v) is 6.91. The molecule has 3 N–H and O–H groups in total. The molecule has 14 heteroatoms. The van der Waals surface area contributed by atoms with Crippen molar-refractivity contribution in [1.29, 1.82) is 0 Å². The van der Waals surface area contributed by atoms with Crippen LogP contribution in [0, 0.1) is 0 Å². The van der Waals surface area contributed by atoms with Crippen LogP contribution in [0.5, 0.6) is 11.5 Å². The van der Waals surface area contributed by atoms with Crippen molar-refractivity contribution in [3.63, 3.8) is 0 Å². The largest absolute Gasteiger partial charge is 0.440 e. The van der Waals surface area contributed by atoms with Crippen molar-refractivity contribution >= 4 is 34.9 Å². The zero-order chi connectivity index (χ0) is 37.6. The number of hydrogen-bond donors (Lipinski definition) is 2. The lowest BCUT2D eigenvalue weighted by atomic mass is 9.97. The number of nitrogen functional groups attached to an aromatic ring is 1. The minimum Gasteiger partial charge on any atom is -0.440 e. The number of anilines is 1. The molecule has 0 aliphatic carbocycles. The van der Waals surface area contributed by atoms with Crippen molar-refractivity contribution in [2.45, 2.75) is 50.0 Å². The Morgan fingerprint density at radius 2 is 1.65 bits per heavy atom. The van der Waals surface area contributed by atoms with E-state index in [1.807, 2.05) is 80.6 Å². The number of fused-ring (bicyclic) bond motifs is 3. The third kappa shape index (κ3) is 6.33. The Kier molecular flexibility index (Phi) is 8.88.